The molecule has 1 heterocycles. The van der Waals surface area contributed by atoms with Crippen LogP contribution in [0.25, 0.3) is 0 Å². The molecule has 0 saturated heterocycles. The highest BCUT2D eigenvalue weighted by atomic mass is 16.1. The molecule has 0 amide bonds. The van der Waals surface area contributed by atoms with Gasteiger partial charge < -0.3 is 0 Å². The molecule has 1 aromatic rings. The van der Waals surface area contributed by atoms with E-state index in [2.05, 4.69) is 4.99 Å². The van der Waals surface area contributed by atoms with E-state index in [1.54, 1.807) is 0 Å². The van der Waals surface area contributed by atoms with E-state index >= 15 is 0 Å². The lowest BCUT2D eigenvalue weighted by Gasteiger charge is -2.09. The van der Waals surface area contributed by atoms with Crippen molar-refractivity contribution in [1.29, 1.82) is 0 Å². The van der Waals surface area contributed by atoms with Crippen molar-refractivity contribution in [2.24, 2.45) is 4.99 Å². The number of Topliss-reactive ketones (excluding diaryl/α,β-unsaturated/α-hetero) is 1. The van der Waals surface area contributed by atoms with Gasteiger partial charge in [0.1, 0.15) is 5.70 Å². The van der Waals surface area contributed by atoms with Gasteiger partial charge in [0.25, 0.3) is 0 Å². The summed E-state index contributed by atoms with van der Waals surface area (Å²) in [5.41, 5.74) is 3.55. The lowest BCUT2D eigenvalue weighted by molar-refractivity contribution is 0.103. The fourth-order valence-corrected chi connectivity index (χ4v) is 1.80. The van der Waals surface area contributed by atoms with E-state index < -0.39 is 0 Å². The van der Waals surface area contributed by atoms with Gasteiger partial charge in [0.2, 0.25) is 5.78 Å². The molecule has 0 N–H and O–H groups in total. The van der Waals surface area contributed by atoms with Crippen molar-refractivity contribution in [1.82, 2.24) is 0 Å². The monoisotopic (exact) mass is 213 g/mol. The Bertz CT molecular complexity index is 484. The predicted molar refractivity (Wildman–Crippen MR) is 66.1 cm³/mol. The van der Waals surface area contributed by atoms with E-state index in [-0.39, 0.29) is 5.78 Å². The summed E-state index contributed by atoms with van der Waals surface area (Å²) < 4.78 is 0. The first-order valence-corrected chi connectivity index (χ1v) is 5.54. The Hall–Kier alpha value is -1.70. The molecular formula is C14H15NO. The average molecular weight is 213 g/mol. The number of nitrogens with zero attached hydrogens (tertiary/aromatic N) is 1. The topological polar surface area (TPSA) is 29.4 Å². The fraction of sp³-hybridized carbons (Fsp3) is 0.286. The van der Waals surface area contributed by atoms with E-state index in [4.69, 9.17) is 0 Å². The van der Waals surface area contributed by atoms with Crippen LogP contribution in [0, 0.1) is 13.8 Å². The highest BCUT2D eigenvalue weighted by Crippen LogP contribution is 2.19. The first-order valence-electron chi connectivity index (χ1n) is 5.54. The Morgan fingerprint density at radius 2 is 2.06 bits per heavy atom. The number of aliphatic imine (C=N–C) groups is 1. The van der Waals surface area contributed by atoms with Crippen LogP contribution in [0.15, 0.2) is 35.0 Å². The van der Waals surface area contributed by atoms with Crippen molar-refractivity contribution >= 4 is 12.0 Å². The lowest BCUT2D eigenvalue weighted by atomic mass is 9.98. The van der Waals surface area contributed by atoms with Crippen LogP contribution in [0.3, 0.4) is 0 Å². The first kappa shape index (κ1) is 10.8. The number of ketones is 1. The van der Waals surface area contributed by atoms with Crippen LogP contribution in [0.2, 0.25) is 0 Å². The molecule has 2 heteroatoms. The number of carbonyl (C=O) groups is 1. The second-order valence-corrected chi connectivity index (χ2v) is 4.05. The number of aryl methyl sites for hydroxylation is 1. The summed E-state index contributed by atoms with van der Waals surface area (Å²) in [6, 6.07) is 5.81. The van der Waals surface area contributed by atoms with E-state index in [0.29, 0.717) is 5.70 Å². The second kappa shape index (κ2) is 4.44. The van der Waals surface area contributed by atoms with Crippen LogP contribution in [0.1, 0.15) is 34.3 Å². The lowest BCUT2D eigenvalue weighted by Crippen LogP contribution is -2.07. The van der Waals surface area contributed by atoms with Crippen molar-refractivity contribution < 1.29 is 4.79 Å². The number of rotatable bonds is 2. The van der Waals surface area contributed by atoms with Crippen molar-refractivity contribution in [3.63, 3.8) is 0 Å². The minimum absolute atomic E-state index is 0.0390. The van der Waals surface area contributed by atoms with Gasteiger partial charge in [-0.05, 0) is 37.8 Å². The molecule has 0 unspecified atom stereocenters. The van der Waals surface area contributed by atoms with E-state index in [0.717, 1.165) is 29.5 Å². The molecule has 0 spiro atoms. The zero-order valence-corrected chi connectivity index (χ0v) is 9.66. The highest BCUT2D eigenvalue weighted by molar-refractivity contribution is 6.10. The summed E-state index contributed by atoms with van der Waals surface area (Å²) in [5.74, 6) is 0.0390. The summed E-state index contributed by atoms with van der Waals surface area (Å²) in [5, 5.41) is 0. The van der Waals surface area contributed by atoms with Crippen LogP contribution in [-0.4, -0.2) is 12.0 Å². The highest BCUT2D eigenvalue weighted by Gasteiger charge is 2.15. The number of carbonyl (C=O) groups excluding carboxylic acids is 1. The predicted octanol–water partition coefficient (Wildman–Crippen LogP) is 3.23. The summed E-state index contributed by atoms with van der Waals surface area (Å²) in [4.78, 5) is 16.4. The summed E-state index contributed by atoms with van der Waals surface area (Å²) in [6.07, 6.45) is 5.58. The average Bonchev–Trinajstić information content (AvgIpc) is 2.33. The molecule has 0 fully saturated rings. The van der Waals surface area contributed by atoms with Crippen molar-refractivity contribution in [2.75, 3.05) is 0 Å². The number of hydrogen-bond acceptors (Lipinski definition) is 2. The van der Waals surface area contributed by atoms with Crippen molar-refractivity contribution in [3.8, 4) is 0 Å². The van der Waals surface area contributed by atoms with E-state index in [1.807, 2.05) is 44.3 Å². The normalized spacial score (nSPS) is 14.8. The molecule has 0 aromatic heterocycles. The fourth-order valence-electron chi connectivity index (χ4n) is 1.80. The third kappa shape index (κ3) is 1.96. The molecule has 0 bridgehead atoms. The molecule has 1 aliphatic rings. The molecule has 0 aliphatic carbocycles. The first-order chi connectivity index (χ1) is 7.70. The van der Waals surface area contributed by atoms with Gasteiger partial charge in [-0.3, -0.25) is 9.79 Å². The van der Waals surface area contributed by atoms with Crippen LogP contribution < -0.4 is 0 Å². The maximum absolute atomic E-state index is 12.2. The molecule has 1 aliphatic heterocycles. The van der Waals surface area contributed by atoms with Gasteiger partial charge in [0, 0.05) is 11.8 Å². The minimum atomic E-state index is 0.0390. The largest absolute Gasteiger partial charge is 0.287 e. The van der Waals surface area contributed by atoms with Gasteiger partial charge in [-0.2, -0.15) is 0 Å². The molecule has 0 radical (unpaired) electrons. The third-order valence-electron chi connectivity index (χ3n) is 2.95. The maximum atomic E-state index is 12.2. The van der Waals surface area contributed by atoms with E-state index in [1.165, 1.54) is 0 Å². The van der Waals surface area contributed by atoms with Gasteiger partial charge in [-0.15, -0.1) is 0 Å². The van der Waals surface area contributed by atoms with Crippen LogP contribution >= 0.6 is 0 Å². The molecule has 82 valence electrons. The molecule has 2 rings (SSSR count). The Morgan fingerprint density at radius 3 is 2.75 bits per heavy atom. The molecular weight excluding hydrogens is 198 g/mol. The molecule has 0 atom stereocenters. The van der Waals surface area contributed by atoms with Gasteiger partial charge in [0.05, 0.1) is 0 Å². The van der Waals surface area contributed by atoms with Crippen LogP contribution in [-0.2, 0) is 0 Å². The van der Waals surface area contributed by atoms with Crippen LogP contribution in [0.4, 0.5) is 0 Å². The second-order valence-electron chi connectivity index (χ2n) is 4.05. The van der Waals surface area contributed by atoms with E-state index in [9.17, 15) is 4.79 Å². The Balaban J connectivity index is 2.38. The van der Waals surface area contributed by atoms with Gasteiger partial charge in [-0.25, -0.2) is 0 Å². The summed E-state index contributed by atoms with van der Waals surface area (Å²) >= 11 is 0. The number of allylic oxidation sites excluding steroid dienone is 2. The minimum Gasteiger partial charge on any atom is -0.287 e. The van der Waals surface area contributed by atoms with Crippen molar-refractivity contribution in [3.05, 3.63) is 46.7 Å². The summed E-state index contributed by atoms with van der Waals surface area (Å²) in [6.45, 7) is 4.00. The zero-order valence-electron chi connectivity index (χ0n) is 9.66. The van der Waals surface area contributed by atoms with Gasteiger partial charge in [0.15, 0.2) is 0 Å². The van der Waals surface area contributed by atoms with Crippen molar-refractivity contribution in [2.45, 2.75) is 26.7 Å². The van der Waals surface area contributed by atoms with Crippen LogP contribution in [0.5, 0.6) is 0 Å². The Labute approximate surface area is 95.7 Å². The summed E-state index contributed by atoms with van der Waals surface area (Å²) in [7, 11) is 0. The zero-order chi connectivity index (χ0) is 11.5. The Morgan fingerprint density at radius 1 is 1.25 bits per heavy atom. The maximum Gasteiger partial charge on any atom is 0.211 e. The third-order valence-corrected chi connectivity index (χ3v) is 2.95. The van der Waals surface area contributed by atoms with Gasteiger partial charge >= 0.3 is 0 Å². The molecule has 2 nitrogen and oxygen atoms in total. The molecule has 1 aromatic carbocycles. The molecule has 16 heavy (non-hydrogen) atoms. The smallest absolute Gasteiger partial charge is 0.211 e. The van der Waals surface area contributed by atoms with Gasteiger partial charge in [-0.1, -0.05) is 24.3 Å². The number of hydrogen-bond donors (Lipinski definition) is 0. The quantitative estimate of drug-likeness (QED) is 0.693. The number of benzene rings is 1. The Kier molecular flexibility index (Phi) is 3.00. The standard InChI is InChI=1S/C14H15NO/c1-10-6-5-7-12(11(10)2)14(16)13-8-3-4-9-15-13/h5-9H,3-4H2,1-2H3. The SMILES string of the molecule is Cc1cccc(C(=O)C2=CCCC=N2)c1C. The molecule has 0 saturated carbocycles.